The Morgan fingerprint density at radius 2 is 1.61 bits per heavy atom. The fourth-order valence-electron chi connectivity index (χ4n) is 3.20. The minimum atomic E-state index is -1.04. The predicted octanol–water partition coefficient (Wildman–Crippen LogP) is 4.65. The second-order valence-electron chi connectivity index (χ2n) is 7.05. The highest BCUT2D eigenvalue weighted by Crippen LogP contribution is 2.28. The first-order valence-corrected chi connectivity index (χ1v) is 9.50. The number of hydrazone groups is 1. The number of Topliss-reactive ketones (excluding diaryl/α,β-unsaturated/α-hetero) is 1. The fraction of sp³-hybridized carbons (Fsp3) is 0.0833. The molecule has 1 aliphatic rings. The maximum absolute atomic E-state index is 12.9. The number of aromatic carboxylic acids is 1. The molecule has 2 aromatic carbocycles. The number of benzene rings is 2. The molecule has 3 aromatic rings. The van der Waals surface area contributed by atoms with Gasteiger partial charge >= 0.3 is 5.97 Å². The van der Waals surface area contributed by atoms with E-state index in [0.717, 1.165) is 5.56 Å². The lowest BCUT2D eigenvalue weighted by atomic mass is 10.1. The number of carboxylic acid groups (broad SMARTS) is 1. The molecule has 0 bridgehead atoms. The van der Waals surface area contributed by atoms with Crippen LogP contribution < -0.4 is 5.01 Å². The third kappa shape index (κ3) is 3.93. The Kier molecular flexibility index (Phi) is 5.09. The van der Waals surface area contributed by atoms with Gasteiger partial charge in [-0.15, -0.1) is 0 Å². The third-order valence-electron chi connectivity index (χ3n) is 4.91. The van der Waals surface area contributed by atoms with Gasteiger partial charge in [-0.3, -0.25) is 9.59 Å². The van der Waals surface area contributed by atoms with Gasteiger partial charge in [-0.25, -0.2) is 4.79 Å². The van der Waals surface area contributed by atoms with Gasteiger partial charge in [-0.1, -0.05) is 24.3 Å². The number of hydrogen-bond donors (Lipinski definition) is 1. The monoisotopic (exact) mass is 414 g/mol. The molecular formula is C24H18N2O5. The zero-order valence-electron chi connectivity index (χ0n) is 16.8. The minimum Gasteiger partial charge on any atom is -0.478 e. The number of hydrogen-bond acceptors (Lipinski definition) is 5. The number of rotatable bonds is 5. The lowest BCUT2D eigenvalue weighted by Gasteiger charge is -2.11. The van der Waals surface area contributed by atoms with E-state index in [2.05, 4.69) is 5.10 Å². The summed E-state index contributed by atoms with van der Waals surface area (Å²) in [6.45, 7) is 3.23. The van der Waals surface area contributed by atoms with E-state index < -0.39 is 5.97 Å². The number of ketones is 1. The van der Waals surface area contributed by atoms with Gasteiger partial charge in [-0.2, -0.15) is 10.1 Å². The van der Waals surface area contributed by atoms with Crippen molar-refractivity contribution in [2.24, 2.45) is 5.10 Å². The lowest BCUT2D eigenvalue weighted by Crippen LogP contribution is -2.21. The summed E-state index contributed by atoms with van der Waals surface area (Å²) in [6.07, 6.45) is 1.63. The van der Waals surface area contributed by atoms with Gasteiger partial charge in [0.2, 0.25) is 0 Å². The summed E-state index contributed by atoms with van der Waals surface area (Å²) >= 11 is 0. The molecule has 0 aliphatic carbocycles. The Balaban J connectivity index is 1.57. The van der Waals surface area contributed by atoms with E-state index in [0.29, 0.717) is 34.1 Å². The average molecular weight is 414 g/mol. The molecule has 7 heteroatoms. The molecule has 31 heavy (non-hydrogen) atoms. The van der Waals surface area contributed by atoms with Crippen LogP contribution >= 0.6 is 0 Å². The molecule has 4 rings (SSSR count). The molecule has 7 nitrogen and oxygen atoms in total. The summed E-state index contributed by atoms with van der Waals surface area (Å²) < 4.78 is 5.86. The van der Waals surface area contributed by atoms with Crippen molar-refractivity contribution in [2.75, 3.05) is 5.01 Å². The van der Waals surface area contributed by atoms with Gasteiger partial charge in [0.25, 0.3) is 5.91 Å². The predicted molar refractivity (Wildman–Crippen MR) is 116 cm³/mol. The van der Waals surface area contributed by atoms with Crippen molar-refractivity contribution in [3.63, 3.8) is 0 Å². The molecule has 2 heterocycles. The molecule has 1 aromatic heterocycles. The van der Waals surface area contributed by atoms with E-state index in [4.69, 9.17) is 9.52 Å². The molecule has 1 N–H and O–H groups in total. The van der Waals surface area contributed by atoms with Crippen LogP contribution in [0.5, 0.6) is 0 Å². The molecule has 154 valence electrons. The van der Waals surface area contributed by atoms with Gasteiger partial charge < -0.3 is 9.52 Å². The number of carboxylic acids is 1. The van der Waals surface area contributed by atoms with E-state index in [1.807, 2.05) is 12.1 Å². The van der Waals surface area contributed by atoms with Crippen LogP contribution in [0.4, 0.5) is 5.69 Å². The molecule has 0 spiro atoms. The lowest BCUT2D eigenvalue weighted by molar-refractivity contribution is -0.114. The number of carbonyl (C=O) groups is 3. The molecule has 1 amide bonds. The summed E-state index contributed by atoms with van der Waals surface area (Å²) in [4.78, 5) is 35.3. The van der Waals surface area contributed by atoms with Gasteiger partial charge in [0.05, 0.1) is 22.5 Å². The fourth-order valence-corrected chi connectivity index (χ4v) is 3.20. The number of furan rings is 1. The van der Waals surface area contributed by atoms with Gasteiger partial charge in [0, 0.05) is 11.1 Å². The first-order chi connectivity index (χ1) is 14.8. The first kappa shape index (κ1) is 20.0. The topological polar surface area (TPSA) is 100 Å². The minimum absolute atomic E-state index is 0.00641. The quantitative estimate of drug-likeness (QED) is 0.484. The van der Waals surface area contributed by atoms with Crippen LogP contribution in [0.15, 0.2) is 75.8 Å². The number of nitrogens with zero attached hydrogens (tertiary/aromatic N) is 2. The van der Waals surface area contributed by atoms with Crippen molar-refractivity contribution in [2.45, 2.75) is 13.8 Å². The van der Waals surface area contributed by atoms with Crippen molar-refractivity contribution in [1.82, 2.24) is 0 Å². The van der Waals surface area contributed by atoms with Crippen LogP contribution in [-0.2, 0) is 4.79 Å². The standard InChI is InChI=1S/C24H18N2O5/c1-14-21(23(28)26(25-14)19-9-7-18(8-10-19)24(29)30)13-20-11-12-22(31-20)17-5-3-16(4-6-17)15(2)27/h3-13H,1-2H3,(H,29,30)/b21-13+. The SMILES string of the molecule is CC(=O)c1ccc(-c2ccc(/C=C3/C(=O)N(c4ccc(C(=O)O)cc4)N=C3C)o2)cc1. The maximum Gasteiger partial charge on any atom is 0.335 e. The second-order valence-corrected chi connectivity index (χ2v) is 7.05. The van der Waals surface area contributed by atoms with Crippen LogP contribution in [0.3, 0.4) is 0 Å². The summed E-state index contributed by atoms with van der Waals surface area (Å²) in [5.74, 6) is -0.267. The van der Waals surface area contributed by atoms with E-state index in [1.54, 1.807) is 37.3 Å². The Morgan fingerprint density at radius 3 is 2.23 bits per heavy atom. The molecule has 0 unspecified atom stereocenters. The number of carbonyl (C=O) groups excluding carboxylic acids is 2. The maximum atomic E-state index is 12.9. The average Bonchev–Trinajstić information content (AvgIpc) is 3.34. The third-order valence-corrected chi connectivity index (χ3v) is 4.91. The Morgan fingerprint density at radius 1 is 0.968 bits per heavy atom. The molecule has 0 saturated heterocycles. The Labute approximate surface area is 177 Å². The van der Waals surface area contributed by atoms with Crippen LogP contribution in [-0.4, -0.2) is 28.5 Å². The van der Waals surface area contributed by atoms with Crippen molar-refractivity contribution in [1.29, 1.82) is 0 Å². The molecular weight excluding hydrogens is 396 g/mol. The molecule has 0 atom stereocenters. The zero-order chi connectivity index (χ0) is 22.1. The van der Waals surface area contributed by atoms with Crippen LogP contribution in [0.1, 0.15) is 40.3 Å². The van der Waals surface area contributed by atoms with Crippen LogP contribution in [0.2, 0.25) is 0 Å². The molecule has 0 fully saturated rings. The van der Waals surface area contributed by atoms with Gasteiger partial charge in [0.1, 0.15) is 11.5 Å². The number of anilines is 1. The molecule has 0 saturated carbocycles. The summed E-state index contributed by atoms with van der Waals surface area (Å²) in [5.41, 5.74) is 2.96. The second kappa shape index (κ2) is 7.87. The summed E-state index contributed by atoms with van der Waals surface area (Å²) in [5, 5.41) is 14.5. The van der Waals surface area contributed by atoms with E-state index in [9.17, 15) is 14.4 Å². The zero-order valence-corrected chi connectivity index (χ0v) is 16.8. The Hall–Kier alpha value is -4.26. The van der Waals surface area contributed by atoms with Gasteiger partial charge in [0.15, 0.2) is 5.78 Å². The highest BCUT2D eigenvalue weighted by Gasteiger charge is 2.29. The number of amides is 1. The van der Waals surface area contributed by atoms with Crippen molar-refractivity contribution in [3.05, 3.63) is 83.1 Å². The normalized spacial score (nSPS) is 14.8. The van der Waals surface area contributed by atoms with E-state index >= 15 is 0 Å². The summed E-state index contributed by atoms with van der Waals surface area (Å²) in [6, 6.07) is 16.6. The van der Waals surface area contributed by atoms with Crippen LogP contribution in [0, 0.1) is 0 Å². The molecule has 0 radical (unpaired) electrons. The van der Waals surface area contributed by atoms with Crippen molar-refractivity contribution < 1.29 is 23.9 Å². The van der Waals surface area contributed by atoms with Crippen molar-refractivity contribution in [3.8, 4) is 11.3 Å². The Bertz CT molecular complexity index is 1250. The van der Waals surface area contributed by atoms with Crippen molar-refractivity contribution >= 4 is 35.1 Å². The summed E-state index contributed by atoms with van der Waals surface area (Å²) in [7, 11) is 0. The van der Waals surface area contributed by atoms with Crippen LogP contribution in [0.25, 0.3) is 17.4 Å². The van der Waals surface area contributed by atoms with E-state index in [-0.39, 0.29) is 17.3 Å². The largest absolute Gasteiger partial charge is 0.478 e. The first-order valence-electron chi connectivity index (χ1n) is 9.50. The highest BCUT2D eigenvalue weighted by molar-refractivity contribution is 6.32. The highest BCUT2D eigenvalue weighted by atomic mass is 16.4. The smallest absolute Gasteiger partial charge is 0.335 e. The van der Waals surface area contributed by atoms with Gasteiger partial charge in [-0.05, 0) is 56.3 Å². The molecule has 1 aliphatic heterocycles. The van der Waals surface area contributed by atoms with E-state index in [1.165, 1.54) is 36.2 Å².